The van der Waals surface area contributed by atoms with Gasteiger partial charge in [-0.1, -0.05) is 18.2 Å². The van der Waals surface area contributed by atoms with Crippen LogP contribution in [-0.2, 0) is 15.4 Å². The molecule has 1 aromatic carbocycles. The fourth-order valence-electron chi connectivity index (χ4n) is 6.66. The van der Waals surface area contributed by atoms with Crippen LogP contribution in [0.1, 0.15) is 60.7 Å². The Kier molecular flexibility index (Phi) is 3.67. The number of hydrogen-bond donors (Lipinski definition) is 0. The maximum atomic E-state index is 12.4. The summed E-state index contributed by atoms with van der Waals surface area (Å²) in [5.41, 5.74) is 2.15. The SMILES string of the molecule is N#C[C@@H](C1=NS(=O)(=O)c2ccccc21)c1nc(C23CC4CC(CC(C4)C2)C3)cs1. The number of benzene rings is 1. The molecule has 2 aromatic rings. The lowest BCUT2D eigenvalue weighted by Crippen LogP contribution is -2.48. The van der Waals surface area contributed by atoms with Gasteiger partial charge >= 0.3 is 0 Å². The van der Waals surface area contributed by atoms with E-state index in [-0.39, 0.29) is 10.3 Å². The van der Waals surface area contributed by atoms with E-state index in [9.17, 15) is 13.7 Å². The molecule has 5 nitrogen and oxygen atoms in total. The molecule has 7 heteroatoms. The summed E-state index contributed by atoms with van der Waals surface area (Å²) >= 11 is 1.48. The smallest absolute Gasteiger partial charge is 0.244 e. The molecule has 1 aromatic heterocycles. The van der Waals surface area contributed by atoms with Crippen molar-refractivity contribution in [3.05, 3.63) is 45.9 Å². The van der Waals surface area contributed by atoms with Crippen LogP contribution < -0.4 is 0 Å². The van der Waals surface area contributed by atoms with Crippen molar-refractivity contribution >= 4 is 27.1 Å². The van der Waals surface area contributed by atoms with Crippen molar-refractivity contribution in [1.29, 1.82) is 5.26 Å². The van der Waals surface area contributed by atoms with Crippen LogP contribution >= 0.6 is 11.3 Å². The van der Waals surface area contributed by atoms with E-state index in [0.29, 0.717) is 16.3 Å². The van der Waals surface area contributed by atoms with E-state index >= 15 is 0 Å². The predicted molar refractivity (Wildman–Crippen MR) is 110 cm³/mol. The lowest BCUT2D eigenvalue weighted by atomic mass is 9.49. The minimum absolute atomic E-state index is 0.172. The maximum Gasteiger partial charge on any atom is 0.283 e. The molecule has 1 aliphatic heterocycles. The van der Waals surface area contributed by atoms with Crippen LogP contribution in [-0.4, -0.2) is 19.1 Å². The van der Waals surface area contributed by atoms with Crippen LogP contribution in [0.15, 0.2) is 38.9 Å². The maximum absolute atomic E-state index is 12.4. The number of sulfonamides is 1. The summed E-state index contributed by atoms with van der Waals surface area (Å²) in [5, 5.41) is 12.7. The summed E-state index contributed by atoms with van der Waals surface area (Å²) in [6.45, 7) is 0. The van der Waals surface area contributed by atoms with Crippen LogP contribution in [0.5, 0.6) is 0 Å². The molecule has 0 amide bonds. The van der Waals surface area contributed by atoms with Crippen LogP contribution in [0, 0.1) is 29.1 Å². The molecule has 5 aliphatic rings. The number of nitrogens with zero attached hydrogens (tertiary/aromatic N) is 3. The Bertz CT molecular complexity index is 1150. The zero-order valence-corrected chi connectivity index (χ0v) is 17.5. The average molecular weight is 424 g/mol. The zero-order valence-electron chi connectivity index (χ0n) is 15.9. The van der Waals surface area contributed by atoms with Crippen LogP contribution in [0.3, 0.4) is 0 Å². The second-order valence-electron chi connectivity index (χ2n) is 9.28. The first-order valence-corrected chi connectivity index (χ1v) is 12.6. The Labute approximate surface area is 174 Å². The van der Waals surface area contributed by atoms with Gasteiger partial charge in [0.05, 0.1) is 22.4 Å². The van der Waals surface area contributed by atoms with Gasteiger partial charge in [0, 0.05) is 16.4 Å². The van der Waals surface area contributed by atoms with E-state index in [1.54, 1.807) is 24.3 Å². The molecule has 1 atom stereocenters. The predicted octanol–water partition coefficient (Wildman–Crippen LogP) is 4.41. The molecule has 0 unspecified atom stereocenters. The van der Waals surface area contributed by atoms with Gasteiger partial charge in [-0.25, -0.2) is 4.98 Å². The molecule has 0 saturated heterocycles. The van der Waals surface area contributed by atoms with E-state index < -0.39 is 15.9 Å². The number of hydrogen-bond acceptors (Lipinski definition) is 5. The summed E-state index contributed by atoms with van der Waals surface area (Å²) < 4.78 is 28.8. The quantitative estimate of drug-likeness (QED) is 0.732. The van der Waals surface area contributed by atoms with Gasteiger partial charge in [0.1, 0.15) is 10.9 Å². The highest BCUT2D eigenvalue weighted by atomic mass is 32.2. The molecule has 7 rings (SSSR count). The fraction of sp³-hybridized carbons (Fsp3) is 0.500. The zero-order chi connectivity index (χ0) is 19.8. The van der Waals surface area contributed by atoms with Crippen LogP contribution in [0.25, 0.3) is 0 Å². The Morgan fingerprint density at radius 2 is 1.76 bits per heavy atom. The van der Waals surface area contributed by atoms with Crippen LogP contribution in [0.2, 0.25) is 0 Å². The second kappa shape index (κ2) is 5.99. The monoisotopic (exact) mass is 423 g/mol. The Balaban J connectivity index is 1.39. The van der Waals surface area contributed by atoms with Gasteiger partial charge in [-0.05, 0) is 62.3 Å². The van der Waals surface area contributed by atoms with Crippen LogP contribution in [0.4, 0.5) is 0 Å². The highest BCUT2D eigenvalue weighted by Gasteiger charge is 2.52. The minimum atomic E-state index is -3.73. The van der Waals surface area contributed by atoms with Crippen molar-refractivity contribution in [2.45, 2.75) is 54.8 Å². The number of aromatic nitrogens is 1. The Morgan fingerprint density at radius 3 is 2.41 bits per heavy atom. The molecule has 0 N–H and O–H groups in total. The van der Waals surface area contributed by atoms with Gasteiger partial charge in [0.15, 0.2) is 0 Å². The lowest BCUT2D eigenvalue weighted by Gasteiger charge is -2.56. The molecule has 148 valence electrons. The third kappa shape index (κ3) is 2.58. The van der Waals surface area contributed by atoms with Gasteiger partial charge in [-0.2, -0.15) is 18.1 Å². The molecule has 4 saturated carbocycles. The highest BCUT2D eigenvalue weighted by Crippen LogP contribution is 2.60. The van der Waals surface area contributed by atoms with Gasteiger partial charge in [0.25, 0.3) is 10.0 Å². The normalized spacial score (nSPS) is 34.4. The number of rotatable bonds is 3. The summed E-state index contributed by atoms with van der Waals surface area (Å²) in [5.74, 6) is 1.74. The van der Waals surface area contributed by atoms with Crippen molar-refractivity contribution in [3.63, 3.8) is 0 Å². The average Bonchev–Trinajstić information content (AvgIpc) is 3.26. The topological polar surface area (TPSA) is 83.2 Å². The third-order valence-corrected chi connectivity index (χ3v) is 9.67. The largest absolute Gasteiger partial charge is 0.283 e. The number of thiazole rings is 1. The molecule has 29 heavy (non-hydrogen) atoms. The number of fused-ring (bicyclic) bond motifs is 1. The van der Waals surface area contributed by atoms with Gasteiger partial charge in [-0.3, -0.25) is 0 Å². The van der Waals surface area contributed by atoms with Crippen molar-refractivity contribution in [2.24, 2.45) is 22.2 Å². The van der Waals surface area contributed by atoms with E-state index in [1.165, 1.54) is 49.9 Å². The molecule has 4 bridgehead atoms. The van der Waals surface area contributed by atoms with E-state index in [4.69, 9.17) is 4.98 Å². The molecule has 4 fully saturated rings. The standard InChI is InChI=1S/C22H21N3O2S2/c23-11-17(20-16-3-1-2-4-18(16)29(26,27)25-20)21-24-19(12-28-21)22-8-13-5-14(9-22)7-15(6-13)10-22/h1-4,12-15,17H,5-10H2/t13?,14?,15?,17-,22?/m0/s1. The van der Waals surface area contributed by atoms with Gasteiger partial charge < -0.3 is 0 Å². The minimum Gasteiger partial charge on any atom is -0.244 e. The first-order valence-electron chi connectivity index (χ1n) is 10.3. The van der Waals surface area contributed by atoms with E-state index in [1.807, 2.05) is 0 Å². The first kappa shape index (κ1) is 17.8. The van der Waals surface area contributed by atoms with Gasteiger partial charge in [-0.15, -0.1) is 11.3 Å². The lowest BCUT2D eigenvalue weighted by molar-refractivity contribution is -0.00698. The Morgan fingerprint density at radius 1 is 1.10 bits per heavy atom. The first-order chi connectivity index (χ1) is 14.0. The summed E-state index contributed by atoms with van der Waals surface area (Å²) in [7, 11) is -3.73. The van der Waals surface area contributed by atoms with Crippen molar-refractivity contribution < 1.29 is 8.42 Å². The molecular formula is C22H21N3O2S2. The molecule has 2 heterocycles. The summed E-state index contributed by atoms with van der Waals surface area (Å²) in [4.78, 5) is 5.15. The third-order valence-electron chi connectivity index (χ3n) is 7.41. The Hall–Kier alpha value is -2.04. The second-order valence-corrected chi connectivity index (χ2v) is 11.7. The summed E-state index contributed by atoms with van der Waals surface area (Å²) in [6, 6.07) is 9.03. The van der Waals surface area contributed by atoms with Crippen molar-refractivity contribution in [3.8, 4) is 6.07 Å². The number of nitriles is 1. The molecular weight excluding hydrogens is 402 g/mol. The van der Waals surface area contributed by atoms with Gasteiger partial charge in [0.2, 0.25) is 0 Å². The van der Waals surface area contributed by atoms with E-state index in [0.717, 1.165) is 23.4 Å². The highest BCUT2D eigenvalue weighted by molar-refractivity contribution is 7.90. The molecule has 0 radical (unpaired) electrons. The summed E-state index contributed by atoms with van der Waals surface area (Å²) in [6.07, 6.45) is 7.79. The van der Waals surface area contributed by atoms with E-state index in [2.05, 4.69) is 15.8 Å². The van der Waals surface area contributed by atoms with Crippen molar-refractivity contribution in [1.82, 2.24) is 4.98 Å². The fourth-order valence-corrected chi connectivity index (χ4v) is 8.91. The van der Waals surface area contributed by atoms with Crippen molar-refractivity contribution in [2.75, 3.05) is 0 Å². The molecule has 4 aliphatic carbocycles. The molecule has 0 spiro atoms.